The standard InChI is InChI=1S/C16H16N2OS/c1-19-14-9-11(10-17)4-7-13(14)18-16(12-5-6-12)15-3-2-8-20-15/h2-4,7-9,12,16,18H,5-6H2,1H3. The Morgan fingerprint density at radius 2 is 2.25 bits per heavy atom. The predicted molar refractivity (Wildman–Crippen MR) is 81.1 cm³/mol. The number of methoxy groups -OCH3 is 1. The molecule has 20 heavy (non-hydrogen) atoms. The zero-order valence-electron chi connectivity index (χ0n) is 11.3. The second-order valence-corrected chi connectivity index (χ2v) is 5.98. The molecular formula is C16H16N2OS. The molecule has 0 radical (unpaired) electrons. The van der Waals surface area contributed by atoms with Gasteiger partial charge in [-0.25, -0.2) is 0 Å². The van der Waals surface area contributed by atoms with Crippen LogP contribution in [0.2, 0.25) is 0 Å². The van der Waals surface area contributed by atoms with Gasteiger partial charge in [0.05, 0.1) is 30.5 Å². The lowest BCUT2D eigenvalue weighted by atomic mass is 10.1. The van der Waals surface area contributed by atoms with E-state index in [2.05, 4.69) is 28.9 Å². The van der Waals surface area contributed by atoms with Crippen LogP contribution >= 0.6 is 11.3 Å². The molecule has 0 spiro atoms. The molecular weight excluding hydrogens is 268 g/mol. The number of nitriles is 1. The number of hydrogen-bond acceptors (Lipinski definition) is 4. The van der Waals surface area contributed by atoms with Gasteiger partial charge in [-0.05, 0) is 42.3 Å². The van der Waals surface area contributed by atoms with Crippen molar-refractivity contribution in [2.75, 3.05) is 12.4 Å². The summed E-state index contributed by atoms with van der Waals surface area (Å²) >= 11 is 1.78. The van der Waals surface area contributed by atoms with Crippen LogP contribution in [0.3, 0.4) is 0 Å². The van der Waals surface area contributed by atoms with E-state index in [9.17, 15) is 0 Å². The van der Waals surface area contributed by atoms with Crippen LogP contribution in [0.25, 0.3) is 0 Å². The fraction of sp³-hybridized carbons (Fsp3) is 0.312. The van der Waals surface area contributed by atoms with Crippen molar-refractivity contribution in [2.24, 2.45) is 5.92 Å². The Balaban J connectivity index is 1.87. The van der Waals surface area contributed by atoms with Gasteiger partial charge in [-0.2, -0.15) is 5.26 Å². The van der Waals surface area contributed by atoms with E-state index in [1.54, 1.807) is 24.5 Å². The number of thiophene rings is 1. The molecule has 0 bridgehead atoms. The van der Waals surface area contributed by atoms with Crippen LogP contribution in [0, 0.1) is 17.2 Å². The summed E-state index contributed by atoms with van der Waals surface area (Å²) in [6, 6.07) is 12.3. The zero-order chi connectivity index (χ0) is 13.9. The highest BCUT2D eigenvalue weighted by Gasteiger charge is 2.33. The summed E-state index contributed by atoms with van der Waals surface area (Å²) in [7, 11) is 1.64. The van der Waals surface area contributed by atoms with Crippen LogP contribution in [-0.4, -0.2) is 7.11 Å². The molecule has 3 nitrogen and oxygen atoms in total. The number of rotatable bonds is 5. The third kappa shape index (κ3) is 2.63. The van der Waals surface area contributed by atoms with Crippen molar-refractivity contribution in [3.8, 4) is 11.8 Å². The second kappa shape index (κ2) is 5.56. The molecule has 1 N–H and O–H groups in total. The average Bonchev–Trinajstić information content (AvgIpc) is 3.19. The van der Waals surface area contributed by atoms with Crippen molar-refractivity contribution in [1.82, 2.24) is 0 Å². The van der Waals surface area contributed by atoms with Gasteiger partial charge in [-0.3, -0.25) is 0 Å². The van der Waals surface area contributed by atoms with Gasteiger partial charge >= 0.3 is 0 Å². The SMILES string of the molecule is COc1cc(C#N)ccc1NC(c1cccs1)C1CC1. The summed E-state index contributed by atoms with van der Waals surface area (Å²) in [5.41, 5.74) is 1.57. The van der Waals surface area contributed by atoms with Crippen molar-refractivity contribution >= 4 is 17.0 Å². The van der Waals surface area contributed by atoms with Crippen LogP contribution in [0.1, 0.15) is 29.3 Å². The molecule has 1 unspecified atom stereocenters. The zero-order valence-corrected chi connectivity index (χ0v) is 12.1. The largest absolute Gasteiger partial charge is 0.495 e. The molecule has 1 aliphatic carbocycles. The second-order valence-electron chi connectivity index (χ2n) is 5.00. The van der Waals surface area contributed by atoms with Gasteiger partial charge in [0.25, 0.3) is 0 Å². The Kier molecular flexibility index (Phi) is 3.62. The van der Waals surface area contributed by atoms with E-state index in [0.29, 0.717) is 17.5 Å². The quantitative estimate of drug-likeness (QED) is 0.895. The smallest absolute Gasteiger partial charge is 0.143 e. The number of ether oxygens (including phenoxy) is 1. The van der Waals surface area contributed by atoms with Gasteiger partial charge < -0.3 is 10.1 Å². The van der Waals surface area contributed by atoms with E-state index in [0.717, 1.165) is 11.4 Å². The summed E-state index contributed by atoms with van der Waals surface area (Å²) in [5.74, 6) is 1.43. The van der Waals surface area contributed by atoms with Crippen LogP contribution in [0.15, 0.2) is 35.7 Å². The third-order valence-corrected chi connectivity index (χ3v) is 4.54. The summed E-state index contributed by atoms with van der Waals surface area (Å²) < 4.78 is 5.40. The van der Waals surface area contributed by atoms with Crippen LogP contribution in [0.4, 0.5) is 5.69 Å². The monoisotopic (exact) mass is 284 g/mol. The summed E-state index contributed by atoms with van der Waals surface area (Å²) in [5, 5.41) is 14.7. The molecule has 102 valence electrons. The Labute approximate surface area is 122 Å². The number of nitrogens with one attached hydrogen (secondary N) is 1. The minimum atomic E-state index is 0.344. The van der Waals surface area contributed by atoms with E-state index in [4.69, 9.17) is 10.00 Å². The maximum absolute atomic E-state index is 8.95. The maximum atomic E-state index is 8.95. The molecule has 3 rings (SSSR count). The summed E-state index contributed by atoms with van der Waals surface area (Å²) in [4.78, 5) is 1.36. The molecule has 1 aromatic heterocycles. The van der Waals surface area contributed by atoms with E-state index in [1.165, 1.54) is 17.7 Å². The fourth-order valence-electron chi connectivity index (χ4n) is 2.37. The molecule has 1 aliphatic rings. The van der Waals surface area contributed by atoms with Gasteiger partial charge in [0.15, 0.2) is 0 Å². The van der Waals surface area contributed by atoms with Gasteiger partial charge in [0.1, 0.15) is 5.75 Å². The molecule has 1 saturated carbocycles. The first kappa shape index (κ1) is 13.0. The first-order valence-electron chi connectivity index (χ1n) is 6.70. The molecule has 0 aliphatic heterocycles. The topological polar surface area (TPSA) is 45.0 Å². The normalized spacial score (nSPS) is 15.4. The molecule has 1 fully saturated rings. The van der Waals surface area contributed by atoms with Crippen molar-refractivity contribution in [1.29, 1.82) is 5.26 Å². The number of benzene rings is 1. The minimum Gasteiger partial charge on any atom is -0.495 e. The van der Waals surface area contributed by atoms with Crippen LogP contribution in [0.5, 0.6) is 5.75 Å². The fourth-order valence-corrected chi connectivity index (χ4v) is 3.24. The molecule has 0 amide bonds. The lowest BCUT2D eigenvalue weighted by Crippen LogP contribution is -2.12. The van der Waals surface area contributed by atoms with Gasteiger partial charge in [-0.15, -0.1) is 11.3 Å². The van der Waals surface area contributed by atoms with Gasteiger partial charge in [0.2, 0.25) is 0 Å². The highest BCUT2D eigenvalue weighted by Crippen LogP contribution is 2.45. The minimum absolute atomic E-state index is 0.344. The Morgan fingerprint density at radius 3 is 2.85 bits per heavy atom. The maximum Gasteiger partial charge on any atom is 0.143 e. The summed E-state index contributed by atoms with van der Waals surface area (Å²) in [6.07, 6.45) is 2.54. The van der Waals surface area contributed by atoms with E-state index in [1.807, 2.05) is 12.1 Å². The summed E-state index contributed by atoms with van der Waals surface area (Å²) in [6.45, 7) is 0. The highest BCUT2D eigenvalue weighted by atomic mass is 32.1. The van der Waals surface area contributed by atoms with Crippen molar-refractivity contribution in [3.63, 3.8) is 0 Å². The lowest BCUT2D eigenvalue weighted by Gasteiger charge is -2.20. The molecule has 1 aromatic carbocycles. The molecule has 2 aromatic rings. The van der Waals surface area contributed by atoms with E-state index >= 15 is 0 Å². The van der Waals surface area contributed by atoms with E-state index in [-0.39, 0.29) is 0 Å². The Morgan fingerprint density at radius 1 is 1.40 bits per heavy atom. The third-order valence-electron chi connectivity index (χ3n) is 3.58. The Hall–Kier alpha value is -1.99. The number of nitrogens with zero attached hydrogens (tertiary/aromatic N) is 1. The first-order chi connectivity index (χ1) is 9.81. The molecule has 4 heteroatoms. The molecule has 1 heterocycles. The highest BCUT2D eigenvalue weighted by molar-refractivity contribution is 7.10. The van der Waals surface area contributed by atoms with Crippen molar-refractivity contribution in [3.05, 3.63) is 46.2 Å². The number of anilines is 1. The van der Waals surface area contributed by atoms with E-state index < -0.39 is 0 Å². The van der Waals surface area contributed by atoms with Crippen LogP contribution in [-0.2, 0) is 0 Å². The van der Waals surface area contributed by atoms with Crippen molar-refractivity contribution in [2.45, 2.75) is 18.9 Å². The number of hydrogen-bond donors (Lipinski definition) is 1. The van der Waals surface area contributed by atoms with Gasteiger partial charge in [-0.1, -0.05) is 6.07 Å². The van der Waals surface area contributed by atoms with Gasteiger partial charge in [0, 0.05) is 10.9 Å². The van der Waals surface area contributed by atoms with Crippen LogP contribution < -0.4 is 10.1 Å². The average molecular weight is 284 g/mol. The first-order valence-corrected chi connectivity index (χ1v) is 7.58. The van der Waals surface area contributed by atoms with Crippen molar-refractivity contribution < 1.29 is 4.74 Å². The predicted octanol–water partition coefficient (Wildman–Crippen LogP) is 4.19. The lowest BCUT2D eigenvalue weighted by molar-refractivity contribution is 0.415. The molecule has 1 atom stereocenters. The Bertz CT molecular complexity index is 626. The molecule has 0 saturated heterocycles.